The molecule has 15 heavy (non-hydrogen) atoms. The van der Waals surface area contributed by atoms with Crippen molar-refractivity contribution in [3.05, 3.63) is 24.0 Å². The molecule has 0 amide bonds. The quantitative estimate of drug-likeness (QED) is 0.556. The van der Waals surface area contributed by atoms with Crippen LogP contribution in [0.25, 0.3) is 0 Å². The van der Waals surface area contributed by atoms with Crippen LogP contribution in [0.3, 0.4) is 0 Å². The van der Waals surface area contributed by atoms with E-state index >= 15 is 0 Å². The minimum absolute atomic E-state index is 1.20. The van der Waals surface area contributed by atoms with Gasteiger partial charge in [-0.25, -0.2) is 0 Å². The van der Waals surface area contributed by atoms with Crippen molar-refractivity contribution in [2.24, 2.45) is 0 Å². The van der Waals surface area contributed by atoms with Gasteiger partial charge in [-0.05, 0) is 24.5 Å². The van der Waals surface area contributed by atoms with Gasteiger partial charge in [-0.15, -0.1) is 0 Å². The predicted octanol–water partition coefficient (Wildman–Crippen LogP) is 4.41. The second kappa shape index (κ2) is 7.56. The molecule has 86 valence electrons. The number of hydrogen-bond donors (Lipinski definition) is 0. The molecule has 0 unspecified atom stereocenters. The van der Waals surface area contributed by atoms with Crippen molar-refractivity contribution in [1.82, 2.24) is 4.57 Å². The molecule has 0 aliphatic carbocycles. The summed E-state index contributed by atoms with van der Waals surface area (Å²) in [5, 5.41) is 0. The van der Waals surface area contributed by atoms with Crippen LogP contribution in [0.2, 0.25) is 0 Å². The van der Waals surface area contributed by atoms with E-state index in [2.05, 4.69) is 36.9 Å². The van der Waals surface area contributed by atoms with Gasteiger partial charge in [0.2, 0.25) is 0 Å². The number of hydrogen-bond acceptors (Lipinski definition) is 0. The molecular weight excluding hydrogens is 182 g/mol. The number of aromatic nitrogens is 1. The second-order valence-corrected chi connectivity index (χ2v) is 4.42. The highest BCUT2D eigenvalue weighted by molar-refractivity contribution is 5.10. The van der Waals surface area contributed by atoms with E-state index in [0.29, 0.717) is 0 Å². The molecule has 0 saturated carbocycles. The topological polar surface area (TPSA) is 4.93 Å². The minimum Gasteiger partial charge on any atom is -0.354 e. The van der Waals surface area contributed by atoms with E-state index in [1.807, 2.05) is 0 Å². The highest BCUT2D eigenvalue weighted by Gasteiger charge is 1.95. The predicted molar refractivity (Wildman–Crippen MR) is 67.2 cm³/mol. The van der Waals surface area contributed by atoms with Crippen molar-refractivity contribution < 1.29 is 0 Å². The summed E-state index contributed by atoms with van der Waals surface area (Å²) in [5.41, 5.74) is 1.49. The molecule has 0 atom stereocenters. The van der Waals surface area contributed by atoms with E-state index in [1.54, 1.807) is 0 Å². The number of aryl methyl sites for hydroxylation is 2. The molecule has 1 rings (SSSR count). The summed E-state index contributed by atoms with van der Waals surface area (Å²) in [6.45, 7) is 5.71. The van der Waals surface area contributed by atoms with Gasteiger partial charge in [0.05, 0.1) is 0 Å². The van der Waals surface area contributed by atoms with Crippen LogP contribution in [0.5, 0.6) is 0 Å². The van der Waals surface area contributed by atoms with Crippen molar-refractivity contribution in [1.29, 1.82) is 0 Å². The molecule has 1 heteroatoms. The van der Waals surface area contributed by atoms with Crippen molar-refractivity contribution >= 4 is 0 Å². The van der Waals surface area contributed by atoms with Crippen molar-refractivity contribution in [2.75, 3.05) is 0 Å². The number of nitrogens with zero attached hydrogens (tertiary/aromatic N) is 1. The second-order valence-electron chi connectivity index (χ2n) is 4.42. The molecule has 0 saturated heterocycles. The SMILES string of the molecule is CCCCCCCn1ccc(CCC)c1. The van der Waals surface area contributed by atoms with Gasteiger partial charge in [0.25, 0.3) is 0 Å². The normalized spacial score (nSPS) is 10.8. The van der Waals surface area contributed by atoms with Crippen LogP contribution < -0.4 is 0 Å². The smallest absolute Gasteiger partial charge is 0.0219 e. The average molecular weight is 207 g/mol. The lowest BCUT2D eigenvalue weighted by molar-refractivity contribution is 0.569. The molecule has 0 N–H and O–H groups in total. The van der Waals surface area contributed by atoms with Gasteiger partial charge in [0.15, 0.2) is 0 Å². The monoisotopic (exact) mass is 207 g/mol. The van der Waals surface area contributed by atoms with Gasteiger partial charge in [0.1, 0.15) is 0 Å². The maximum absolute atomic E-state index is 2.34. The van der Waals surface area contributed by atoms with Crippen LogP contribution >= 0.6 is 0 Å². The molecular formula is C14H25N. The number of unbranched alkanes of at least 4 members (excludes halogenated alkanes) is 4. The summed E-state index contributed by atoms with van der Waals surface area (Å²) in [7, 11) is 0. The van der Waals surface area contributed by atoms with Crippen LogP contribution in [0.1, 0.15) is 57.9 Å². The Morgan fingerprint density at radius 1 is 1.00 bits per heavy atom. The zero-order valence-corrected chi connectivity index (χ0v) is 10.3. The lowest BCUT2D eigenvalue weighted by atomic mass is 10.1. The summed E-state index contributed by atoms with van der Waals surface area (Å²) in [4.78, 5) is 0. The molecule has 1 heterocycles. The maximum atomic E-state index is 2.34. The van der Waals surface area contributed by atoms with E-state index in [4.69, 9.17) is 0 Å². The molecule has 1 nitrogen and oxygen atoms in total. The van der Waals surface area contributed by atoms with Gasteiger partial charge < -0.3 is 4.57 Å². The zero-order valence-electron chi connectivity index (χ0n) is 10.3. The van der Waals surface area contributed by atoms with E-state index in [0.717, 1.165) is 0 Å². The molecule has 1 aromatic rings. The average Bonchev–Trinajstić information content (AvgIpc) is 2.66. The Morgan fingerprint density at radius 3 is 2.53 bits per heavy atom. The third kappa shape index (κ3) is 5.06. The highest BCUT2D eigenvalue weighted by Crippen LogP contribution is 2.08. The molecule has 0 radical (unpaired) electrons. The molecule has 0 aliphatic heterocycles. The first-order valence-electron chi connectivity index (χ1n) is 6.51. The Bertz CT molecular complexity index is 250. The van der Waals surface area contributed by atoms with Crippen LogP contribution in [-0.4, -0.2) is 4.57 Å². The molecule has 0 aliphatic rings. The summed E-state index contributed by atoms with van der Waals surface area (Å²) in [6.07, 6.45) is 13.9. The lowest BCUT2D eigenvalue weighted by Crippen LogP contribution is -1.94. The van der Waals surface area contributed by atoms with Gasteiger partial charge in [-0.1, -0.05) is 46.0 Å². The largest absolute Gasteiger partial charge is 0.354 e. The first-order valence-corrected chi connectivity index (χ1v) is 6.51. The molecule has 0 bridgehead atoms. The van der Waals surface area contributed by atoms with Gasteiger partial charge in [-0.2, -0.15) is 0 Å². The van der Waals surface area contributed by atoms with Crippen molar-refractivity contribution in [3.8, 4) is 0 Å². The number of rotatable bonds is 8. The van der Waals surface area contributed by atoms with Crippen LogP contribution in [0.15, 0.2) is 18.5 Å². The summed E-state index contributed by atoms with van der Waals surface area (Å²) >= 11 is 0. The first-order chi connectivity index (χ1) is 7.36. The Morgan fingerprint density at radius 2 is 1.80 bits per heavy atom. The van der Waals surface area contributed by atoms with Crippen LogP contribution in [0, 0.1) is 0 Å². The van der Waals surface area contributed by atoms with E-state index in [-0.39, 0.29) is 0 Å². The highest BCUT2D eigenvalue weighted by atomic mass is 14.9. The summed E-state index contributed by atoms with van der Waals surface area (Å²) < 4.78 is 2.34. The summed E-state index contributed by atoms with van der Waals surface area (Å²) in [6, 6.07) is 2.26. The Hall–Kier alpha value is -0.720. The fraction of sp³-hybridized carbons (Fsp3) is 0.714. The fourth-order valence-electron chi connectivity index (χ4n) is 1.96. The molecule has 0 spiro atoms. The standard InChI is InChI=1S/C14H25N/c1-3-5-6-7-8-11-15-12-10-14(13-15)9-4-2/h10,12-13H,3-9,11H2,1-2H3. The van der Waals surface area contributed by atoms with Crippen molar-refractivity contribution in [3.63, 3.8) is 0 Å². The van der Waals surface area contributed by atoms with E-state index in [1.165, 1.54) is 57.1 Å². The van der Waals surface area contributed by atoms with Crippen molar-refractivity contribution in [2.45, 2.75) is 65.3 Å². The third-order valence-electron chi connectivity index (χ3n) is 2.87. The molecule has 1 aromatic heterocycles. The summed E-state index contributed by atoms with van der Waals surface area (Å²) in [5.74, 6) is 0. The fourth-order valence-corrected chi connectivity index (χ4v) is 1.96. The third-order valence-corrected chi connectivity index (χ3v) is 2.87. The Labute approximate surface area is 94.5 Å². The lowest BCUT2D eigenvalue weighted by Gasteiger charge is -2.02. The van der Waals surface area contributed by atoms with Gasteiger partial charge in [-0.3, -0.25) is 0 Å². The zero-order chi connectivity index (χ0) is 10.9. The van der Waals surface area contributed by atoms with Gasteiger partial charge >= 0.3 is 0 Å². The molecule has 0 aromatic carbocycles. The van der Waals surface area contributed by atoms with E-state index in [9.17, 15) is 0 Å². The first kappa shape index (κ1) is 12.4. The van der Waals surface area contributed by atoms with Crippen LogP contribution in [0.4, 0.5) is 0 Å². The Balaban J connectivity index is 2.14. The Kier molecular flexibility index (Phi) is 6.22. The van der Waals surface area contributed by atoms with E-state index < -0.39 is 0 Å². The minimum atomic E-state index is 1.20. The van der Waals surface area contributed by atoms with Crippen LogP contribution in [-0.2, 0) is 13.0 Å². The van der Waals surface area contributed by atoms with Gasteiger partial charge in [0, 0.05) is 18.9 Å². The molecule has 0 fully saturated rings. The maximum Gasteiger partial charge on any atom is 0.0219 e.